The molecule has 1 aromatic carbocycles. The molecule has 0 unspecified atom stereocenters. The first-order valence-electron chi connectivity index (χ1n) is 6.06. The number of esters is 1. The number of hydrogen-bond donors (Lipinski definition) is 0. The second-order valence-electron chi connectivity index (χ2n) is 4.22. The summed E-state index contributed by atoms with van der Waals surface area (Å²) in [6.45, 7) is 1.22. The molecule has 2 aromatic rings. The molecule has 0 fully saturated rings. The molecule has 5 heteroatoms. The summed E-state index contributed by atoms with van der Waals surface area (Å²) in [5.41, 5.74) is 1.16. The first-order valence-corrected chi connectivity index (χ1v) is 6.06. The van der Waals surface area contributed by atoms with E-state index in [2.05, 4.69) is 4.98 Å². The van der Waals surface area contributed by atoms with Gasteiger partial charge >= 0.3 is 5.97 Å². The van der Waals surface area contributed by atoms with E-state index in [1.54, 1.807) is 24.4 Å². The molecule has 0 aliphatic carbocycles. The van der Waals surface area contributed by atoms with Crippen LogP contribution in [0.1, 0.15) is 16.8 Å². The molecular formula is C14H13NO4. The highest BCUT2D eigenvalue weighted by Crippen LogP contribution is 2.34. The molecule has 0 saturated carbocycles. The first-order chi connectivity index (χ1) is 9.29. The van der Waals surface area contributed by atoms with Crippen LogP contribution in [-0.4, -0.2) is 31.3 Å². The highest BCUT2D eigenvalue weighted by atomic mass is 16.5. The van der Waals surface area contributed by atoms with Crippen molar-refractivity contribution in [3.8, 4) is 11.5 Å². The van der Waals surface area contributed by atoms with Crippen molar-refractivity contribution < 1.29 is 19.0 Å². The number of carbonyl (C=O) groups is 1. The molecule has 19 heavy (non-hydrogen) atoms. The zero-order valence-electron chi connectivity index (χ0n) is 10.5. The van der Waals surface area contributed by atoms with Crippen LogP contribution in [-0.2, 0) is 4.74 Å². The number of hydrogen-bond acceptors (Lipinski definition) is 5. The third kappa shape index (κ3) is 2.07. The molecule has 1 aliphatic rings. The Morgan fingerprint density at radius 2 is 2.00 bits per heavy atom. The van der Waals surface area contributed by atoms with Crippen molar-refractivity contribution in [2.24, 2.45) is 0 Å². The van der Waals surface area contributed by atoms with E-state index in [0.29, 0.717) is 41.2 Å². The van der Waals surface area contributed by atoms with Gasteiger partial charge in [-0.2, -0.15) is 0 Å². The van der Waals surface area contributed by atoms with Crippen LogP contribution < -0.4 is 9.47 Å². The van der Waals surface area contributed by atoms with Crippen LogP contribution in [0.4, 0.5) is 0 Å². The van der Waals surface area contributed by atoms with Gasteiger partial charge in [0.15, 0.2) is 11.5 Å². The van der Waals surface area contributed by atoms with Gasteiger partial charge in [0, 0.05) is 24.1 Å². The average Bonchev–Trinajstić information content (AvgIpc) is 2.68. The minimum Gasteiger partial charge on any atom is -0.490 e. The average molecular weight is 259 g/mol. The van der Waals surface area contributed by atoms with E-state index >= 15 is 0 Å². The van der Waals surface area contributed by atoms with Crippen LogP contribution in [0.15, 0.2) is 24.4 Å². The van der Waals surface area contributed by atoms with Crippen molar-refractivity contribution in [2.45, 2.75) is 6.42 Å². The Morgan fingerprint density at radius 1 is 1.26 bits per heavy atom. The van der Waals surface area contributed by atoms with Gasteiger partial charge in [0.2, 0.25) is 0 Å². The second-order valence-corrected chi connectivity index (χ2v) is 4.22. The third-order valence-corrected chi connectivity index (χ3v) is 3.02. The van der Waals surface area contributed by atoms with Gasteiger partial charge in [0.05, 0.1) is 31.4 Å². The summed E-state index contributed by atoms with van der Waals surface area (Å²) in [7, 11) is 1.36. The zero-order chi connectivity index (χ0) is 13.2. The molecule has 0 N–H and O–H groups in total. The lowest BCUT2D eigenvalue weighted by atomic mass is 10.1. The number of fused-ring (bicyclic) bond motifs is 2. The number of ether oxygens (including phenoxy) is 3. The fourth-order valence-electron chi connectivity index (χ4n) is 2.09. The molecule has 0 amide bonds. The largest absolute Gasteiger partial charge is 0.490 e. The number of nitrogens with zero attached hydrogens (tertiary/aromatic N) is 1. The number of methoxy groups -OCH3 is 1. The van der Waals surface area contributed by atoms with E-state index in [0.717, 1.165) is 6.42 Å². The van der Waals surface area contributed by atoms with Crippen molar-refractivity contribution in [1.82, 2.24) is 4.98 Å². The number of benzene rings is 1. The van der Waals surface area contributed by atoms with Gasteiger partial charge in [0.25, 0.3) is 0 Å². The maximum atomic E-state index is 11.7. The van der Waals surface area contributed by atoms with Crippen LogP contribution in [0.2, 0.25) is 0 Å². The standard InChI is InChI=1S/C14H13NO4/c1-17-14(16)9-3-4-15-11-8-13-12(7-10(9)11)18-5-2-6-19-13/h3-4,7-8H,2,5-6H2,1H3. The van der Waals surface area contributed by atoms with E-state index in [-0.39, 0.29) is 5.97 Å². The topological polar surface area (TPSA) is 57.7 Å². The van der Waals surface area contributed by atoms with Crippen LogP contribution in [0.5, 0.6) is 11.5 Å². The summed E-state index contributed by atoms with van der Waals surface area (Å²) in [6.07, 6.45) is 2.42. The SMILES string of the molecule is COC(=O)c1ccnc2cc3c(cc12)OCCCO3. The molecule has 1 aliphatic heterocycles. The lowest BCUT2D eigenvalue weighted by Crippen LogP contribution is -2.03. The van der Waals surface area contributed by atoms with E-state index in [9.17, 15) is 4.79 Å². The third-order valence-electron chi connectivity index (χ3n) is 3.02. The van der Waals surface area contributed by atoms with E-state index in [4.69, 9.17) is 14.2 Å². The van der Waals surface area contributed by atoms with Gasteiger partial charge in [-0.3, -0.25) is 4.98 Å². The van der Waals surface area contributed by atoms with Crippen molar-refractivity contribution in [3.63, 3.8) is 0 Å². The molecule has 0 atom stereocenters. The van der Waals surface area contributed by atoms with Crippen LogP contribution in [0.25, 0.3) is 10.9 Å². The summed E-state index contributed by atoms with van der Waals surface area (Å²) >= 11 is 0. The maximum Gasteiger partial charge on any atom is 0.338 e. The minimum absolute atomic E-state index is 0.387. The number of carbonyl (C=O) groups excluding carboxylic acids is 1. The van der Waals surface area contributed by atoms with Gasteiger partial charge in [-0.25, -0.2) is 4.79 Å². The Morgan fingerprint density at radius 3 is 2.74 bits per heavy atom. The van der Waals surface area contributed by atoms with E-state index in [1.807, 2.05) is 0 Å². The molecule has 0 spiro atoms. The monoisotopic (exact) mass is 259 g/mol. The smallest absolute Gasteiger partial charge is 0.338 e. The molecule has 2 heterocycles. The molecule has 98 valence electrons. The molecule has 5 nitrogen and oxygen atoms in total. The quantitative estimate of drug-likeness (QED) is 0.735. The van der Waals surface area contributed by atoms with Gasteiger partial charge in [-0.15, -0.1) is 0 Å². The molecule has 0 bridgehead atoms. The maximum absolute atomic E-state index is 11.7. The summed E-state index contributed by atoms with van der Waals surface area (Å²) in [4.78, 5) is 16.0. The Bertz CT molecular complexity index is 639. The number of aromatic nitrogens is 1. The van der Waals surface area contributed by atoms with Gasteiger partial charge in [-0.05, 0) is 12.1 Å². The van der Waals surface area contributed by atoms with Crippen molar-refractivity contribution in [2.75, 3.05) is 20.3 Å². The van der Waals surface area contributed by atoms with Gasteiger partial charge < -0.3 is 14.2 Å². The van der Waals surface area contributed by atoms with Gasteiger partial charge in [-0.1, -0.05) is 0 Å². The summed E-state index contributed by atoms with van der Waals surface area (Å²) in [5.74, 6) is 0.921. The van der Waals surface area contributed by atoms with E-state index < -0.39 is 0 Å². The van der Waals surface area contributed by atoms with Gasteiger partial charge in [0.1, 0.15) is 0 Å². The fraction of sp³-hybridized carbons (Fsp3) is 0.286. The molecule has 0 radical (unpaired) electrons. The number of rotatable bonds is 1. The predicted octanol–water partition coefficient (Wildman–Crippen LogP) is 2.18. The molecular weight excluding hydrogens is 246 g/mol. The molecule has 3 rings (SSSR count). The zero-order valence-corrected chi connectivity index (χ0v) is 10.5. The van der Waals surface area contributed by atoms with E-state index in [1.165, 1.54) is 7.11 Å². The lowest BCUT2D eigenvalue weighted by molar-refractivity contribution is 0.0603. The minimum atomic E-state index is -0.387. The Kier molecular flexibility index (Phi) is 2.95. The van der Waals surface area contributed by atoms with Crippen LogP contribution in [0, 0.1) is 0 Å². The van der Waals surface area contributed by atoms with Crippen molar-refractivity contribution in [1.29, 1.82) is 0 Å². The van der Waals surface area contributed by atoms with Crippen molar-refractivity contribution in [3.05, 3.63) is 30.0 Å². The predicted molar refractivity (Wildman–Crippen MR) is 68.7 cm³/mol. The second kappa shape index (κ2) is 4.76. The first kappa shape index (κ1) is 11.8. The molecule has 0 saturated heterocycles. The van der Waals surface area contributed by atoms with Crippen LogP contribution >= 0.6 is 0 Å². The highest BCUT2D eigenvalue weighted by Gasteiger charge is 2.16. The molecule has 1 aromatic heterocycles. The van der Waals surface area contributed by atoms with Crippen LogP contribution in [0.3, 0.4) is 0 Å². The summed E-state index contributed by atoms with van der Waals surface area (Å²) in [5, 5.41) is 0.707. The Labute approximate surface area is 110 Å². The summed E-state index contributed by atoms with van der Waals surface area (Å²) in [6, 6.07) is 5.22. The lowest BCUT2D eigenvalue weighted by Gasteiger charge is -2.10. The fourth-order valence-corrected chi connectivity index (χ4v) is 2.09. The number of pyridine rings is 1. The normalized spacial score (nSPS) is 13.9. The summed E-state index contributed by atoms with van der Waals surface area (Å²) < 4.78 is 16.0. The Balaban J connectivity index is 2.21. The highest BCUT2D eigenvalue weighted by molar-refractivity contribution is 6.04. The Hall–Kier alpha value is -2.30. The van der Waals surface area contributed by atoms with Crippen molar-refractivity contribution >= 4 is 16.9 Å².